The zero-order valence-corrected chi connectivity index (χ0v) is 14.7. The number of rotatable bonds is 7. The highest BCUT2D eigenvalue weighted by molar-refractivity contribution is 9.10. The third-order valence-electron chi connectivity index (χ3n) is 3.45. The van der Waals surface area contributed by atoms with Crippen molar-refractivity contribution >= 4 is 21.8 Å². The predicted octanol–water partition coefficient (Wildman–Crippen LogP) is 4.38. The highest BCUT2D eigenvalue weighted by Gasteiger charge is 2.18. The van der Waals surface area contributed by atoms with Crippen LogP contribution in [0.2, 0.25) is 0 Å². The minimum Gasteiger partial charge on any atom is -0.481 e. The fourth-order valence-electron chi connectivity index (χ4n) is 2.24. The molecular weight excluding hydrogens is 393 g/mol. The maximum atomic E-state index is 13.8. The van der Waals surface area contributed by atoms with Gasteiger partial charge in [0.2, 0.25) is 0 Å². The molecule has 0 aliphatic heterocycles. The Morgan fingerprint density at radius 3 is 2.24 bits per heavy atom. The van der Waals surface area contributed by atoms with Gasteiger partial charge >= 0.3 is 0 Å². The third-order valence-corrected chi connectivity index (χ3v) is 3.94. The molecule has 0 unspecified atom stereocenters. The van der Waals surface area contributed by atoms with Crippen LogP contribution in [0.4, 0.5) is 4.39 Å². The quantitative estimate of drug-likeness (QED) is 0.582. The minimum absolute atomic E-state index is 0.0208. The zero-order chi connectivity index (χ0) is 17.6. The van der Waals surface area contributed by atoms with E-state index in [0.717, 1.165) is 0 Å². The fraction of sp³-hybridized carbons (Fsp3) is 0.167. The Balaban J connectivity index is 1.67. The summed E-state index contributed by atoms with van der Waals surface area (Å²) >= 11 is 3.17. The number of carbonyl (C=O) groups is 1. The van der Waals surface area contributed by atoms with Crippen molar-refractivity contribution in [1.82, 2.24) is 4.90 Å². The van der Waals surface area contributed by atoms with Gasteiger partial charge in [-0.25, -0.2) is 4.39 Å². The summed E-state index contributed by atoms with van der Waals surface area (Å²) in [5, 5.41) is 0. The number of amides is 1. The van der Waals surface area contributed by atoms with Crippen LogP contribution in [0.15, 0.2) is 68.3 Å². The Morgan fingerprint density at radius 1 is 1.08 bits per heavy atom. The first kappa shape index (κ1) is 17.3. The van der Waals surface area contributed by atoms with E-state index >= 15 is 0 Å². The minimum atomic E-state index is -0.536. The van der Waals surface area contributed by atoms with Crippen LogP contribution in [0.5, 0.6) is 5.75 Å². The summed E-state index contributed by atoms with van der Waals surface area (Å²) in [5.41, 5.74) is 0. The molecule has 0 radical (unpaired) electrons. The number of benzene rings is 1. The van der Waals surface area contributed by atoms with Crippen LogP contribution in [-0.2, 0) is 17.9 Å². The Labute approximate surface area is 152 Å². The Kier molecular flexibility index (Phi) is 5.55. The largest absolute Gasteiger partial charge is 0.481 e. The third kappa shape index (κ3) is 4.73. The van der Waals surface area contributed by atoms with E-state index in [1.165, 1.54) is 17.0 Å². The number of carbonyl (C=O) groups excluding carboxylic acids is 1. The lowest BCUT2D eigenvalue weighted by molar-refractivity contribution is -0.135. The van der Waals surface area contributed by atoms with Gasteiger partial charge in [0, 0.05) is 4.47 Å². The topological polar surface area (TPSA) is 55.8 Å². The van der Waals surface area contributed by atoms with Crippen LogP contribution in [0, 0.1) is 5.82 Å². The molecule has 3 aromatic rings. The second-order valence-electron chi connectivity index (χ2n) is 5.27. The number of hydrogen-bond donors (Lipinski definition) is 0. The molecule has 0 aliphatic carbocycles. The van der Waals surface area contributed by atoms with Gasteiger partial charge in [0.05, 0.1) is 25.6 Å². The van der Waals surface area contributed by atoms with Crippen molar-refractivity contribution in [1.29, 1.82) is 0 Å². The summed E-state index contributed by atoms with van der Waals surface area (Å²) in [6, 6.07) is 11.4. The molecule has 25 heavy (non-hydrogen) atoms. The van der Waals surface area contributed by atoms with E-state index in [1.807, 2.05) is 0 Å². The molecule has 2 aromatic heterocycles. The van der Waals surface area contributed by atoms with Gasteiger partial charge in [-0.2, -0.15) is 0 Å². The number of furan rings is 2. The molecular formula is C18H15BrFNO4. The summed E-state index contributed by atoms with van der Waals surface area (Å²) in [4.78, 5) is 14.1. The van der Waals surface area contributed by atoms with Gasteiger partial charge in [-0.3, -0.25) is 4.79 Å². The molecule has 0 atom stereocenters. The maximum Gasteiger partial charge on any atom is 0.261 e. The van der Waals surface area contributed by atoms with E-state index in [0.29, 0.717) is 16.0 Å². The van der Waals surface area contributed by atoms with Crippen LogP contribution in [-0.4, -0.2) is 17.4 Å². The van der Waals surface area contributed by atoms with E-state index in [4.69, 9.17) is 13.6 Å². The highest BCUT2D eigenvalue weighted by atomic mass is 79.9. The normalized spacial score (nSPS) is 10.6. The Bertz CT molecular complexity index is 781. The molecule has 1 amide bonds. The molecule has 1 aromatic carbocycles. The smallest absolute Gasteiger partial charge is 0.261 e. The number of hydrogen-bond acceptors (Lipinski definition) is 4. The highest BCUT2D eigenvalue weighted by Crippen LogP contribution is 2.21. The van der Waals surface area contributed by atoms with E-state index < -0.39 is 5.82 Å². The lowest BCUT2D eigenvalue weighted by Crippen LogP contribution is -2.34. The van der Waals surface area contributed by atoms with Gasteiger partial charge in [0.25, 0.3) is 5.91 Å². The molecule has 7 heteroatoms. The van der Waals surface area contributed by atoms with Crippen LogP contribution < -0.4 is 4.74 Å². The summed E-state index contributed by atoms with van der Waals surface area (Å²) in [5.74, 6) is 0.442. The van der Waals surface area contributed by atoms with E-state index in [2.05, 4.69) is 15.9 Å². The average molecular weight is 408 g/mol. The van der Waals surface area contributed by atoms with Crippen molar-refractivity contribution in [2.24, 2.45) is 0 Å². The second kappa shape index (κ2) is 8.02. The fourth-order valence-corrected chi connectivity index (χ4v) is 2.57. The van der Waals surface area contributed by atoms with Crippen molar-refractivity contribution < 1.29 is 22.8 Å². The van der Waals surface area contributed by atoms with Gasteiger partial charge in [-0.15, -0.1) is 0 Å². The lowest BCUT2D eigenvalue weighted by atomic mass is 10.3. The molecule has 0 saturated heterocycles. The second-order valence-corrected chi connectivity index (χ2v) is 6.19. The molecule has 0 fully saturated rings. The number of halogens is 2. The molecule has 0 aliphatic rings. The molecule has 130 valence electrons. The molecule has 3 rings (SSSR count). The van der Waals surface area contributed by atoms with Crippen molar-refractivity contribution in [2.45, 2.75) is 13.1 Å². The van der Waals surface area contributed by atoms with E-state index in [9.17, 15) is 9.18 Å². The number of nitrogens with zero attached hydrogens (tertiary/aromatic N) is 1. The van der Waals surface area contributed by atoms with Gasteiger partial charge in [-0.05, 0) is 42.5 Å². The van der Waals surface area contributed by atoms with Crippen molar-refractivity contribution in [3.05, 3.63) is 76.8 Å². The first-order valence-corrected chi connectivity index (χ1v) is 8.31. The molecule has 0 N–H and O–H groups in total. The molecule has 0 saturated carbocycles. The Morgan fingerprint density at radius 2 is 1.72 bits per heavy atom. The standard InChI is InChI=1S/C18H15BrFNO4/c19-13-5-6-17(16(20)9-13)25-12-18(22)21(10-14-3-1-7-23-14)11-15-4-2-8-24-15/h1-9H,10-12H2. The van der Waals surface area contributed by atoms with Gasteiger partial charge in [-0.1, -0.05) is 15.9 Å². The first-order valence-electron chi connectivity index (χ1n) is 7.52. The monoisotopic (exact) mass is 407 g/mol. The van der Waals surface area contributed by atoms with Gasteiger partial charge < -0.3 is 18.5 Å². The van der Waals surface area contributed by atoms with Crippen molar-refractivity contribution in [2.75, 3.05) is 6.61 Å². The van der Waals surface area contributed by atoms with Gasteiger partial charge in [0.15, 0.2) is 18.2 Å². The zero-order valence-electron chi connectivity index (χ0n) is 13.2. The molecule has 0 spiro atoms. The molecule has 0 bridgehead atoms. The van der Waals surface area contributed by atoms with Crippen molar-refractivity contribution in [3.8, 4) is 5.75 Å². The summed E-state index contributed by atoms with van der Waals surface area (Å²) in [6.45, 7) is 0.234. The van der Waals surface area contributed by atoms with Crippen LogP contribution in [0.3, 0.4) is 0 Å². The summed E-state index contributed by atoms with van der Waals surface area (Å²) < 4.78 is 30.3. The van der Waals surface area contributed by atoms with E-state index in [-0.39, 0.29) is 31.4 Å². The van der Waals surface area contributed by atoms with Gasteiger partial charge in [0.1, 0.15) is 11.5 Å². The summed E-state index contributed by atoms with van der Waals surface area (Å²) in [7, 11) is 0. The number of ether oxygens (including phenoxy) is 1. The predicted molar refractivity (Wildman–Crippen MR) is 91.3 cm³/mol. The van der Waals surface area contributed by atoms with Crippen LogP contribution in [0.25, 0.3) is 0 Å². The van der Waals surface area contributed by atoms with E-state index in [1.54, 1.807) is 42.9 Å². The Hall–Kier alpha value is -2.54. The van der Waals surface area contributed by atoms with Crippen LogP contribution in [0.1, 0.15) is 11.5 Å². The van der Waals surface area contributed by atoms with Crippen LogP contribution >= 0.6 is 15.9 Å². The SMILES string of the molecule is O=C(COc1ccc(Br)cc1F)N(Cc1ccco1)Cc1ccco1. The summed E-state index contributed by atoms with van der Waals surface area (Å²) in [6.07, 6.45) is 3.08. The van der Waals surface area contributed by atoms with Crippen molar-refractivity contribution in [3.63, 3.8) is 0 Å². The molecule has 5 nitrogen and oxygen atoms in total. The first-order chi connectivity index (χ1) is 12.1. The maximum absolute atomic E-state index is 13.8. The average Bonchev–Trinajstić information content (AvgIpc) is 3.27. The molecule has 2 heterocycles. The lowest BCUT2D eigenvalue weighted by Gasteiger charge is -2.21.